The van der Waals surface area contributed by atoms with E-state index < -0.39 is 5.79 Å². The van der Waals surface area contributed by atoms with E-state index in [-0.39, 0.29) is 23.0 Å². The van der Waals surface area contributed by atoms with Crippen LogP contribution in [0, 0.1) is 34.5 Å². The fourth-order valence-corrected chi connectivity index (χ4v) is 8.37. The van der Waals surface area contributed by atoms with Crippen molar-refractivity contribution < 1.29 is 19.7 Å². The van der Waals surface area contributed by atoms with E-state index in [1.165, 1.54) is 12.0 Å². The van der Waals surface area contributed by atoms with E-state index in [1.807, 2.05) is 0 Å². The Bertz CT molecular complexity index is 638. The summed E-state index contributed by atoms with van der Waals surface area (Å²) < 4.78 is 12.2. The highest BCUT2D eigenvalue weighted by Crippen LogP contribution is 2.68. The molecule has 1 saturated heterocycles. The van der Waals surface area contributed by atoms with E-state index in [4.69, 9.17) is 9.47 Å². The quantitative estimate of drug-likeness (QED) is 0.686. The zero-order valence-electron chi connectivity index (χ0n) is 17.1. The summed E-state index contributed by atoms with van der Waals surface area (Å²) in [6.07, 6.45) is 8.92. The molecule has 0 radical (unpaired) electrons. The number of aliphatic hydroxyl groups is 2. The van der Waals surface area contributed by atoms with Crippen molar-refractivity contribution in [1.29, 1.82) is 0 Å². The van der Waals surface area contributed by atoms with Gasteiger partial charge in [0, 0.05) is 5.92 Å². The van der Waals surface area contributed by atoms with Gasteiger partial charge in [0.15, 0.2) is 5.79 Å². The maximum absolute atomic E-state index is 11.5. The van der Waals surface area contributed by atoms with Crippen molar-refractivity contribution in [2.24, 2.45) is 34.5 Å². The first-order chi connectivity index (χ1) is 12.8. The first-order valence-electron chi connectivity index (χ1n) is 11.1. The van der Waals surface area contributed by atoms with Crippen LogP contribution in [0.4, 0.5) is 0 Å². The highest BCUT2D eigenvalue weighted by molar-refractivity contribution is 5.26. The molecular weight excluding hydrogens is 340 g/mol. The SMILES string of the molecule is CC1([C@@H]2CC[C@@H]3[C@H]4CC=C5C[C@@H](O)CC[C@]5(C)[C@@H]4[C@@H](O)C[C@]32C)OCCO1. The number of rotatable bonds is 1. The first-order valence-corrected chi connectivity index (χ1v) is 11.1. The van der Waals surface area contributed by atoms with Crippen molar-refractivity contribution in [2.75, 3.05) is 13.2 Å². The lowest BCUT2D eigenvalue weighted by Crippen LogP contribution is -2.58. The maximum atomic E-state index is 11.5. The molecule has 4 aliphatic carbocycles. The molecule has 3 saturated carbocycles. The number of ether oxygens (including phenoxy) is 2. The Morgan fingerprint density at radius 1 is 1.04 bits per heavy atom. The topological polar surface area (TPSA) is 58.9 Å². The summed E-state index contributed by atoms with van der Waals surface area (Å²) in [5, 5.41) is 21.6. The summed E-state index contributed by atoms with van der Waals surface area (Å²) in [5.74, 6) is 1.38. The van der Waals surface area contributed by atoms with Crippen LogP contribution >= 0.6 is 0 Å². The van der Waals surface area contributed by atoms with Gasteiger partial charge >= 0.3 is 0 Å². The Morgan fingerprint density at radius 2 is 1.78 bits per heavy atom. The molecule has 2 N–H and O–H groups in total. The summed E-state index contributed by atoms with van der Waals surface area (Å²) in [6.45, 7) is 8.27. The van der Waals surface area contributed by atoms with E-state index in [0.29, 0.717) is 36.9 Å². The standard InChI is InChI=1S/C23H36O4/c1-21-9-8-15(24)12-14(21)4-5-16-17-6-7-19(23(3)26-10-11-27-23)22(17,2)13-18(25)20(16)21/h4,15-20,24-25H,5-13H2,1-3H3/t15-,16+,17+,18-,19+,20-,21-,22+/m0/s1. The number of allylic oxidation sites excluding steroid dienone is 1. The van der Waals surface area contributed by atoms with Gasteiger partial charge in [0.1, 0.15) is 0 Å². The van der Waals surface area contributed by atoms with Crippen molar-refractivity contribution in [2.45, 2.75) is 83.7 Å². The van der Waals surface area contributed by atoms with Crippen LogP contribution in [0.2, 0.25) is 0 Å². The molecule has 0 aromatic heterocycles. The summed E-state index contributed by atoms with van der Waals surface area (Å²) in [6, 6.07) is 0. The predicted molar refractivity (Wildman–Crippen MR) is 103 cm³/mol. The van der Waals surface area contributed by atoms with Crippen molar-refractivity contribution in [3.05, 3.63) is 11.6 Å². The Kier molecular flexibility index (Phi) is 4.16. The molecule has 5 aliphatic rings. The molecule has 4 nitrogen and oxygen atoms in total. The molecular formula is C23H36O4. The number of hydrogen-bond donors (Lipinski definition) is 2. The molecule has 1 aliphatic heterocycles. The molecule has 0 amide bonds. The third-order valence-corrected chi connectivity index (χ3v) is 9.50. The highest BCUT2D eigenvalue weighted by Gasteiger charge is 2.65. The van der Waals surface area contributed by atoms with Gasteiger partial charge in [0.05, 0.1) is 25.4 Å². The van der Waals surface area contributed by atoms with Crippen molar-refractivity contribution >= 4 is 0 Å². The smallest absolute Gasteiger partial charge is 0.169 e. The van der Waals surface area contributed by atoms with E-state index in [0.717, 1.165) is 38.5 Å². The molecule has 8 atom stereocenters. The van der Waals surface area contributed by atoms with Gasteiger partial charge in [-0.2, -0.15) is 0 Å². The normalized spacial score (nSPS) is 54.0. The number of aliphatic hydroxyl groups excluding tert-OH is 2. The van der Waals surface area contributed by atoms with Crippen LogP contribution in [0.15, 0.2) is 11.6 Å². The molecule has 5 rings (SSSR count). The van der Waals surface area contributed by atoms with Crippen LogP contribution < -0.4 is 0 Å². The Hall–Kier alpha value is -0.420. The van der Waals surface area contributed by atoms with E-state index in [9.17, 15) is 10.2 Å². The molecule has 0 aromatic carbocycles. The molecule has 1 heterocycles. The molecule has 0 unspecified atom stereocenters. The van der Waals surface area contributed by atoms with Crippen LogP contribution in [0.3, 0.4) is 0 Å². The second-order valence-corrected chi connectivity index (χ2v) is 10.7. The minimum absolute atomic E-state index is 0.0608. The zero-order valence-corrected chi connectivity index (χ0v) is 17.1. The van der Waals surface area contributed by atoms with Crippen LogP contribution in [0.1, 0.15) is 65.7 Å². The minimum Gasteiger partial charge on any atom is -0.393 e. The molecule has 152 valence electrons. The molecule has 4 heteroatoms. The lowest BCUT2D eigenvalue weighted by Gasteiger charge is -2.60. The lowest BCUT2D eigenvalue weighted by molar-refractivity contribution is -0.223. The Balaban J connectivity index is 1.49. The summed E-state index contributed by atoms with van der Waals surface area (Å²) in [5.41, 5.74) is 1.55. The van der Waals surface area contributed by atoms with Gasteiger partial charge in [-0.25, -0.2) is 0 Å². The molecule has 27 heavy (non-hydrogen) atoms. The maximum Gasteiger partial charge on any atom is 0.169 e. The minimum atomic E-state index is -0.482. The fraction of sp³-hybridized carbons (Fsp3) is 0.913. The zero-order chi connectivity index (χ0) is 19.0. The van der Waals surface area contributed by atoms with Gasteiger partial charge in [-0.1, -0.05) is 25.5 Å². The molecule has 0 bridgehead atoms. The second-order valence-electron chi connectivity index (χ2n) is 10.7. The van der Waals surface area contributed by atoms with Gasteiger partial charge in [0.25, 0.3) is 0 Å². The van der Waals surface area contributed by atoms with Crippen molar-refractivity contribution in [1.82, 2.24) is 0 Å². The number of hydrogen-bond acceptors (Lipinski definition) is 4. The molecule has 4 fully saturated rings. The fourth-order valence-electron chi connectivity index (χ4n) is 8.37. The summed E-state index contributed by atoms with van der Waals surface area (Å²) in [7, 11) is 0. The molecule has 0 spiro atoms. The van der Waals surface area contributed by atoms with Gasteiger partial charge in [-0.15, -0.1) is 0 Å². The monoisotopic (exact) mass is 376 g/mol. The third-order valence-electron chi connectivity index (χ3n) is 9.50. The van der Waals surface area contributed by atoms with Crippen molar-refractivity contribution in [3.8, 4) is 0 Å². The van der Waals surface area contributed by atoms with E-state index in [2.05, 4.69) is 26.8 Å². The van der Waals surface area contributed by atoms with Crippen LogP contribution in [-0.4, -0.2) is 41.4 Å². The lowest BCUT2D eigenvalue weighted by atomic mass is 9.46. The first kappa shape index (κ1) is 18.6. The average molecular weight is 377 g/mol. The summed E-state index contributed by atoms with van der Waals surface area (Å²) in [4.78, 5) is 0. The van der Waals surface area contributed by atoms with Crippen LogP contribution in [-0.2, 0) is 9.47 Å². The third kappa shape index (κ3) is 2.49. The average Bonchev–Trinajstić information content (AvgIpc) is 3.19. The van der Waals surface area contributed by atoms with Gasteiger partial charge in [-0.3, -0.25) is 0 Å². The largest absolute Gasteiger partial charge is 0.393 e. The highest BCUT2D eigenvalue weighted by atomic mass is 16.7. The number of fused-ring (bicyclic) bond motifs is 5. The predicted octanol–water partition coefficient (Wildman–Crippen LogP) is 3.66. The summed E-state index contributed by atoms with van der Waals surface area (Å²) >= 11 is 0. The molecule has 0 aromatic rings. The van der Waals surface area contributed by atoms with Gasteiger partial charge in [0.2, 0.25) is 0 Å². The van der Waals surface area contributed by atoms with E-state index >= 15 is 0 Å². The van der Waals surface area contributed by atoms with Gasteiger partial charge in [-0.05, 0) is 80.5 Å². The second kappa shape index (κ2) is 6.04. The van der Waals surface area contributed by atoms with Crippen molar-refractivity contribution in [3.63, 3.8) is 0 Å². The Labute approximate surface area is 163 Å². The van der Waals surface area contributed by atoms with Crippen LogP contribution in [0.25, 0.3) is 0 Å². The van der Waals surface area contributed by atoms with Crippen LogP contribution in [0.5, 0.6) is 0 Å². The van der Waals surface area contributed by atoms with Gasteiger partial charge < -0.3 is 19.7 Å². The Morgan fingerprint density at radius 3 is 2.52 bits per heavy atom. The van der Waals surface area contributed by atoms with E-state index in [1.54, 1.807) is 0 Å².